The van der Waals surface area contributed by atoms with Crippen LogP contribution in [0.15, 0.2) is 82.0 Å². The number of halogens is 1. The van der Waals surface area contributed by atoms with Crippen LogP contribution < -0.4 is 10.2 Å². The van der Waals surface area contributed by atoms with Gasteiger partial charge in [-0.2, -0.15) is 0 Å². The maximum absolute atomic E-state index is 13.0. The Morgan fingerprint density at radius 1 is 0.973 bits per heavy atom. The number of aryl methyl sites for hydroxylation is 1. The zero-order valence-electron chi connectivity index (χ0n) is 19.4. The van der Waals surface area contributed by atoms with Gasteiger partial charge in [-0.1, -0.05) is 48.6 Å². The molecule has 0 aliphatic rings. The number of benzene rings is 3. The van der Waals surface area contributed by atoms with E-state index in [1.54, 1.807) is 6.07 Å². The number of H-pyrrole nitrogens is 1. The summed E-state index contributed by atoms with van der Waals surface area (Å²) < 4.78 is 24.8. The molecule has 0 unspecified atom stereocenters. The van der Waals surface area contributed by atoms with Crippen LogP contribution in [0.4, 0.5) is 4.39 Å². The van der Waals surface area contributed by atoms with Gasteiger partial charge in [0.2, 0.25) is 5.82 Å². The second kappa shape index (κ2) is 12.6. The Hall–Kier alpha value is -3.59. The van der Waals surface area contributed by atoms with Crippen molar-refractivity contribution in [3.05, 3.63) is 106 Å². The number of nitrogens with one attached hydrogen (secondary N) is 1. The normalized spacial score (nSPS) is 11.1. The summed E-state index contributed by atoms with van der Waals surface area (Å²) in [5.41, 5.74) is 3.17. The summed E-state index contributed by atoms with van der Waals surface area (Å²) in [6.07, 6.45) is 6.64. The number of rotatable bonds is 9. The second-order valence-electron chi connectivity index (χ2n) is 8.28. The Kier molecular flexibility index (Phi) is 9.00. The first-order valence-electron chi connectivity index (χ1n) is 11.6. The fraction of sp³-hybridized carbons (Fsp3) is 0.143. The summed E-state index contributed by atoms with van der Waals surface area (Å²) in [4.78, 5) is 12.6. The van der Waals surface area contributed by atoms with Crippen molar-refractivity contribution in [1.82, 2.24) is 20.6 Å². The van der Waals surface area contributed by atoms with Gasteiger partial charge in [0.05, 0.1) is 12.0 Å². The number of hydrogen-bond donors (Lipinski definition) is 1. The zero-order chi connectivity index (χ0) is 24.7. The molecule has 3 aromatic carbocycles. The Balaban J connectivity index is 0.00000320. The third-order valence-corrected chi connectivity index (χ3v) is 5.74. The summed E-state index contributed by atoms with van der Waals surface area (Å²) in [5, 5.41) is 14.0. The van der Waals surface area contributed by atoms with Gasteiger partial charge >= 0.3 is 29.6 Å². The molecule has 0 atom stereocenters. The van der Waals surface area contributed by atoms with Gasteiger partial charge in [0, 0.05) is 11.6 Å². The van der Waals surface area contributed by atoms with E-state index in [1.165, 1.54) is 18.2 Å². The summed E-state index contributed by atoms with van der Waals surface area (Å²) in [6, 6.07) is 21.2. The maximum atomic E-state index is 13.0. The van der Waals surface area contributed by atoms with Gasteiger partial charge in [-0.3, -0.25) is 4.79 Å². The summed E-state index contributed by atoms with van der Waals surface area (Å²) in [6.45, 7) is 0.620. The molecular weight excluding hydrogens is 482 g/mol. The molecule has 0 fully saturated rings. The van der Waals surface area contributed by atoms with E-state index >= 15 is 0 Å². The fourth-order valence-corrected chi connectivity index (χ4v) is 3.84. The van der Waals surface area contributed by atoms with Crippen molar-refractivity contribution in [2.75, 3.05) is 6.61 Å². The number of aromatic amines is 1. The summed E-state index contributed by atoms with van der Waals surface area (Å²) >= 11 is 0. The Morgan fingerprint density at radius 2 is 1.78 bits per heavy atom. The molecule has 1 N–H and O–H groups in total. The molecule has 37 heavy (non-hydrogen) atoms. The quantitative estimate of drug-likeness (QED) is 0.171. The molecule has 5 aromatic rings. The van der Waals surface area contributed by atoms with Crippen LogP contribution in [0, 0.1) is 5.82 Å². The van der Waals surface area contributed by atoms with E-state index < -0.39 is 0 Å². The van der Waals surface area contributed by atoms with Gasteiger partial charge in [-0.25, -0.2) is 9.49 Å². The molecule has 9 heteroatoms. The Bertz CT molecular complexity index is 1530. The minimum absolute atomic E-state index is 0. The summed E-state index contributed by atoms with van der Waals surface area (Å²) in [5.74, 6) is 1.16. The van der Waals surface area contributed by atoms with Gasteiger partial charge < -0.3 is 9.15 Å². The average Bonchev–Trinajstić information content (AvgIpc) is 3.44. The van der Waals surface area contributed by atoms with E-state index in [0.29, 0.717) is 23.4 Å². The molecule has 0 saturated carbocycles. The van der Waals surface area contributed by atoms with Crippen LogP contribution in [0.3, 0.4) is 0 Å². The molecule has 182 valence electrons. The molecule has 0 radical (unpaired) electrons. The van der Waals surface area contributed by atoms with E-state index in [9.17, 15) is 9.18 Å². The van der Waals surface area contributed by atoms with E-state index in [0.717, 1.165) is 41.7 Å². The molecule has 7 nitrogen and oxygen atoms in total. The van der Waals surface area contributed by atoms with Crippen molar-refractivity contribution in [3.63, 3.8) is 0 Å². The Labute approximate surface area is 234 Å². The number of ether oxygens (including phenoxy) is 1. The molecule has 0 saturated heterocycles. The molecule has 0 amide bonds. The first-order chi connectivity index (χ1) is 17.7. The second-order valence-corrected chi connectivity index (χ2v) is 8.28. The molecule has 2 aromatic heterocycles. The van der Waals surface area contributed by atoms with Crippen LogP contribution in [0.1, 0.15) is 29.5 Å². The molecule has 0 aliphatic carbocycles. The number of hydrogen-bond acceptors (Lipinski definition) is 6. The van der Waals surface area contributed by atoms with E-state index in [-0.39, 0.29) is 46.6 Å². The number of aromatic nitrogens is 4. The SMILES string of the molecule is O=c1cc(-c2nnn[nH]2)oc2c(C=Cc3ccc(OCCCCc4ccc(F)cc4)cc3)cccc12.[NaH]. The molecule has 2 heterocycles. The molecule has 0 bridgehead atoms. The zero-order valence-corrected chi connectivity index (χ0v) is 19.4. The van der Waals surface area contributed by atoms with Crippen LogP contribution in [-0.4, -0.2) is 56.8 Å². The van der Waals surface area contributed by atoms with Gasteiger partial charge in [-0.15, -0.1) is 5.10 Å². The van der Waals surface area contributed by atoms with Crippen molar-refractivity contribution < 1.29 is 13.5 Å². The van der Waals surface area contributed by atoms with Crippen molar-refractivity contribution in [3.8, 4) is 17.3 Å². The number of para-hydroxylation sites is 1. The van der Waals surface area contributed by atoms with Gasteiger partial charge in [0.15, 0.2) is 11.2 Å². The van der Waals surface area contributed by atoms with Crippen molar-refractivity contribution in [1.29, 1.82) is 0 Å². The van der Waals surface area contributed by atoms with Gasteiger partial charge in [0.25, 0.3) is 0 Å². The number of nitrogens with zero attached hydrogens (tertiary/aromatic N) is 3. The number of unbranched alkanes of at least 4 members (excludes halogenated alkanes) is 1. The topological polar surface area (TPSA) is 93.9 Å². The molecule has 0 aliphatic heterocycles. The molecular formula is C28H24FN4NaO3. The van der Waals surface area contributed by atoms with Crippen LogP contribution in [-0.2, 0) is 6.42 Å². The van der Waals surface area contributed by atoms with E-state index in [1.807, 2.05) is 60.7 Å². The third-order valence-electron chi connectivity index (χ3n) is 5.74. The first-order valence-corrected chi connectivity index (χ1v) is 11.6. The van der Waals surface area contributed by atoms with Crippen molar-refractivity contribution in [2.45, 2.75) is 19.3 Å². The van der Waals surface area contributed by atoms with Crippen LogP contribution in [0.25, 0.3) is 34.7 Å². The van der Waals surface area contributed by atoms with E-state index in [4.69, 9.17) is 9.15 Å². The van der Waals surface area contributed by atoms with Crippen LogP contribution in [0.5, 0.6) is 5.75 Å². The van der Waals surface area contributed by atoms with Crippen LogP contribution in [0.2, 0.25) is 0 Å². The monoisotopic (exact) mass is 506 g/mol. The predicted molar refractivity (Wildman–Crippen MR) is 143 cm³/mol. The summed E-state index contributed by atoms with van der Waals surface area (Å²) in [7, 11) is 0. The average molecular weight is 507 g/mol. The molecule has 5 rings (SSSR count). The number of tetrazole rings is 1. The predicted octanol–water partition coefficient (Wildman–Crippen LogP) is 5.04. The van der Waals surface area contributed by atoms with Crippen molar-refractivity contribution in [2.24, 2.45) is 0 Å². The van der Waals surface area contributed by atoms with E-state index in [2.05, 4.69) is 20.6 Å². The van der Waals surface area contributed by atoms with Gasteiger partial charge in [0.1, 0.15) is 17.1 Å². The number of fused-ring (bicyclic) bond motifs is 1. The fourth-order valence-electron chi connectivity index (χ4n) is 3.84. The Morgan fingerprint density at radius 3 is 2.54 bits per heavy atom. The third kappa shape index (κ3) is 6.80. The minimum atomic E-state index is -0.209. The van der Waals surface area contributed by atoms with Crippen LogP contribution >= 0.6 is 0 Å². The van der Waals surface area contributed by atoms with Gasteiger partial charge in [-0.05, 0) is 71.1 Å². The standard InChI is InChI=1S/C28H23FN4O3.Na.H/c29-22-13-8-19(9-14-22)4-1-2-17-35-23-15-10-20(11-16-23)7-12-21-5-3-6-24-25(34)18-26(36-27(21)24)28-30-32-33-31-28;;/h3,5-16,18H,1-2,4,17H2,(H,30,31,32,33);;. The first kappa shape index (κ1) is 26.5. The van der Waals surface area contributed by atoms with Crippen molar-refractivity contribution >= 4 is 52.7 Å². The molecule has 0 spiro atoms.